The molecule has 0 bridgehead atoms. The molecule has 12 rings (SSSR count). The second-order valence-electron chi connectivity index (χ2n) is 16.1. The Labute approximate surface area is 348 Å². The number of fused-ring (bicyclic) bond motifs is 10. The maximum absolute atomic E-state index is 2.62. The number of thioether (sulfide) groups is 1. The minimum atomic E-state index is 0.168. The van der Waals surface area contributed by atoms with Crippen molar-refractivity contribution in [3.63, 3.8) is 0 Å². The summed E-state index contributed by atoms with van der Waals surface area (Å²) < 4.78 is 0. The molecule has 280 valence electrons. The molecule has 0 spiro atoms. The fourth-order valence-corrected chi connectivity index (χ4v) is 12.9. The van der Waals surface area contributed by atoms with Gasteiger partial charge in [-0.1, -0.05) is 127 Å². The first-order chi connectivity index (χ1) is 28.8. The molecule has 5 aliphatic rings. The Morgan fingerprint density at radius 1 is 0.569 bits per heavy atom. The fourth-order valence-electron chi connectivity index (χ4n) is 10.2. The van der Waals surface area contributed by atoms with Gasteiger partial charge in [0, 0.05) is 53.7 Å². The maximum atomic E-state index is 2.62. The van der Waals surface area contributed by atoms with Crippen LogP contribution in [-0.2, 0) is 12.8 Å². The Morgan fingerprint density at radius 2 is 1.22 bits per heavy atom. The number of benzene rings is 6. The predicted octanol–water partition coefficient (Wildman–Crippen LogP) is 14.9. The summed E-state index contributed by atoms with van der Waals surface area (Å²) in [6, 6.07) is 45.4. The molecular formula is C54H42N2S2. The zero-order valence-electron chi connectivity index (χ0n) is 32.2. The van der Waals surface area contributed by atoms with E-state index in [1.807, 2.05) is 23.1 Å². The summed E-state index contributed by atoms with van der Waals surface area (Å²) in [6.45, 7) is 0. The minimum absolute atomic E-state index is 0.168. The smallest absolute Gasteiger partial charge is 0.0567 e. The van der Waals surface area contributed by atoms with Crippen LogP contribution in [0.3, 0.4) is 0 Å². The standard InChI is InChI=1S/C54H42N2S2/c1-3-15-35(16-4-1)55(37-27-29-53-47(31-37)43-23-11-13-25-51(43)57-53)49-33-45-40-20-8-10-22-42(40)50(34-46(45)39-19-7-9-21-41(39)49)56(36-17-5-2-6-18-36)38-28-30-54-48(32-38)44-24-12-14-26-52(44)58-54/h1-11,14-23,26-30,32-34,37,48,54H,12-13,24-25,31H2. The molecule has 1 aromatic heterocycles. The van der Waals surface area contributed by atoms with Crippen molar-refractivity contribution in [1.29, 1.82) is 0 Å². The molecule has 0 radical (unpaired) electrons. The third kappa shape index (κ3) is 5.53. The molecule has 58 heavy (non-hydrogen) atoms. The average molecular weight is 783 g/mol. The number of aryl methyl sites for hydroxylation is 1. The third-order valence-electron chi connectivity index (χ3n) is 12.8. The van der Waals surface area contributed by atoms with Crippen LogP contribution in [0.15, 0.2) is 180 Å². The Balaban J connectivity index is 1.07. The first kappa shape index (κ1) is 34.3. The van der Waals surface area contributed by atoms with E-state index in [9.17, 15) is 0 Å². The monoisotopic (exact) mass is 782 g/mol. The molecule has 0 saturated carbocycles. The van der Waals surface area contributed by atoms with E-state index in [2.05, 4.69) is 186 Å². The maximum Gasteiger partial charge on any atom is 0.0567 e. The number of thiophene rings is 1. The van der Waals surface area contributed by atoms with Crippen LogP contribution >= 0.6 is 23.1 Å². The Kier molecular flexibility index (Phi) is 8.23. The molecule has 3 unspecified atom stereocenters. The normalized spacial score (nSPS) is 20.3. The van der Waals surface area contributed by atoms with Gasteiger partial charge < -0.3 is 9.80 Å². The topological polar surface area (TPSA) is 6.48 Å². The molecular weight excluding hydrogens is 741 g/mol. The molecule has 2 heterocycles. The summed E-state index contributed by atoms with van der Waals surface area (Å²) in [6.07, 6.45) is 27.3. The SMILES string of the molecule is C1=CC2=C(CC1)C1C=C(N(c3ccccc3)c3cc4c5ccccc5c(N(c5ccccc5)C5C=Cc6sc7c(c6C5)C=CCC7)cc4c4ccccc34)C=CC1S2. The van der Waals surface area contributed by atoms with Crippen LogP contribution in [0.25, 0.3) is 44.5 Å². The van der Waals surface area contributed by atoms with Gasteiger partial charge in [-0.15, -0.1) is 23.1 Å². The van der Waals surface area contributed by atoms with E-state index in [-0.39, 0.29) is 6.04 Å². The number of hydrogen-bond acceptors (Lipinski definition) is 4. The Hall–Kier alpha value is -5.81. The summed E-state index contributed by atoms with van der Waals surface area (Å²) >= 11 is 4.03. The summed E-state index contributed by atoms with van der Waals surface area (Å²) in [5.74, 6) is 0.413. The average Bonchev–Trinajstić information content (AvgIpc) is 3.85. The van der Waals surface area contributed by atoms with Crippen molar-refractivity contribution in [2.45, 2.75) is 43.4 Å². The van der Waals surface area contributed by atoms with Crippen LogP contribution in [0.1, 0.15) is 40.1 Å². The highest BCUT2D eigenvalue weighted by Crippen LogP contribution is 2.52. The molecule has 1 aliphatic heterocycles. The highest BCUT2D eigenvalue weighted by Gasteiger charge is 2.36. The van der Waals surface area contributed by atoms with Crippen LogP contribution in [0, 0.1) is 5.92 Å². The molecule has 4 heteroatoms. The van der Waals surface area contributed by atoms with Gasteiger partial charge in [0.25, 0.3) is 0 Å². The number of allylic oxidation sites excluding steroid dienone is 6. The Bertz CT molecular complexity index is 2980. The summed E-state index contributed by atoms with van der Waals surface area (Å²) in [5.41, 5.74) is 10.7. The van der Waals surface area contributed by atoms with Crippen LogP contribution in [0.2, 0.25) is 0 Å². The van der Waals surface area contributed by atoms with E-state index < -0.39 is 0 Å². The number of nitrogens with zero attached hydrogens (tertiary/aromatic N) is 2. The van der Waals surface area contributed by atoms with Crippen molar-refractivity contribution >= 4 is 90.3 Å². The minimum Gasteiger partial charge on any atom is -0.334 e. The number of para-hydroxylation sites is 2. The van der Waals surface area contributed by atoms with Gasteiger partial charge in [0.05, 0.1) is 17.4 Å². The van der Waals surface area contributed by atoms with Crippen molar-refractivity contribution < 1.29 is 0 Å². The summed E-state index contributed by atoms with van der Waals surface area (Å²) in [4.78, 5) is 9.60. The molecule has 6 aromatic carbocycles. The number of hydrogen-bond donors (Lipinski definition) is 0. The molecule has 3 atom stereocenters. The van der Waals surface area contributed by atoms with E-state index in [1.54, 1.807) is 10.5 Å². The van der Waals surface area contributed by atoms with Crippen LogP contribution in [0.4, 0.5) is 22.7 Å². The number of rotatable bonds is 6. The first-order valence-corrected chi connectivity index (χ1v) is 22.5. The lowest BCUT2D eigenvalue weighted by molar-refractivity contribution is 0.729. The zero-order chi connectivity index (χ0) is 38.2. The van der Waals surface area contributed by atoms with Gasteiger partial charge in [0.15, 0.2) is 0 Å². The molecule has 0 N–H and O–H groups in total. The largest absolute Gasteiger partial charge is 0.334 e. The molecule has 0 saturated heterocycles. The van der Waals surface area contributed by atoms with Crippen LogP contribution in [-0.4, -0.2) is 11.3 Å². The third-order valence-corrected chi connectivity index (χ3v) is 15.5. The van der Waals surface area contributed by atoms with Gasteiger partial charge in [-0.05, 0) is 119 Å². The molecule has 7 aromatic rings. The zero-order valence-corrected chi connectivity index (χ0v) is 33.9. The lowest BCUT2D eigenvalue weighted by Crippen LogP contribution is -2.33. The second kappa shape index (κ2) is 13.9. The summed E-state index contributed by atoms with van der Waals surface area (Å²) in [7, 11) is 0. The fraction of sp³-hybridized carbons (Fsp3) is 0.148. The van der Waals surface area contributed by atoms with Crippen molar-refractivity contribution in [3.8, 4) is 0 Å². The quantitative estimate of drug-likeness (QED) is 0.155. The van der Waals surface area contributed by atoms with Gasteiger partial charge in [-0.3, -0.25) is 0 Å². The van der Waals surface area contributed by atoms with Crippen molar-refractivity contribution in [3.05, 3.63) is 201 Å². The van der Waals surface area contributed by atoms with E-state index in [1.165, 1.54) is 81.7 Å². The lowest BCUT2D eigenvalue weighted by atomic mass is 9.86. The second-order valence-corrected chi connectivity index (χ2v) is 18.5. The molecule has 0 amide bonds. The van der Waals surface area contributed by atoms with Gasteiger partial charge >= 0.3 is 0 Å². The predicted molar refractivity (Wildman–Crippen MR) is 252 cm³/mol. The first-order valence-electron chi connectivity index (χ1n) is 20.8. The van der Waals surface area contributed by atoms with Crippen molar-refractivity contribution in [2.75, 3.05) is 9.80 Å². The van der Waals surface area contributed by atoms with Crippen molar-refractivity contribution in [2.24, 2.45) is 5.92 Å². The van der Waals surface area contributed by atoms with E-state index >= 15 is 0 Å². The van der Waals surface area contributed by atoms with Gasteiger partial charge in [-0.2, -0.15) is 0 Å². The highest BCUT2D eigenvalue weighted by atomic mass is 32.2. The van der Waals surface area contributed by atoms with Crippen molar-refractivity contribution in [1.82, 2.24) is 0 Å². The highest BCUT2D eigenvalue weighted by molar-refractivity contribution is 8.04. The van der Waals surface area contributed by atoms with E-state index in [0.717, 1.165) is 32.1 Å². The molecule has 2 nitrogen and oxygen atoms in total. The lowest BCUT2D eigenvalue weighted by Gasteiger charge is -2.35. The van der Waals surface area contributed by atoms with E-state index in [4.69, 9.17) is 0 Å². The van der Waals surface area contributed by atoms with Gasteiger partial charge in [0.1, 0.15) is 0 Å². The van der Waals surface area contributed by atoms with Gasteiger partial charge in [0.2, 0.25) is 0 Å². The van der Waals surface area contributed by atoms with Gasteiger partial charge in [-0.25, -0.2) is 0 Å². The Morgan fingerprint density at radius 3 is 2.00 bits per heavy atom. The van der Waals surface area contributed by atoms with Crippen LogP contribution in [0.5, 0.6) is 0 Å². The molecule has 4 aliphatic carbocycles. The number of anilines is 4. The van der Waals surface area contributed by atoms with E-state index in [0.29, 0.717) is 11.2 Å². The summed E-state index contributed by atoms with van der Waals surface area (Å²) in [5, 5.41) is 8.08. The van der Waals surface area contributed by atoms with Crippen LogP contribution < -0.4 is 9.80 Å². The molecule has 0 fully saturated rings.